The van der Waals surface area contributed by atoms with Crippen molar-refractivity contribution in [3.8, 4) is 0 Å². The zero-order valence-corrected chi connectivity index (χ0v) is 8.95. The van der Waals surface area contributed by atoms with Crippen LogP contribution >= 0.6 is 0 Å². The van der Waals surface area contributed by atoms with E-state index in [0.717, 1.165) is 0 Å². The molecule has 0 saturated heterocycles. The minimum atomic E-state index is 0.229. The Kier molecular flexibility index (Phi) is 3.52. The molecule has 0 aliphatic carbocycles. The van der Waals surface area contributed by atoms with E-state index in [1.807, 2.05) is 12.3 Å². The van der Waals surface area contributed by atoms with Crippen LogP contribution in [0.3, 0.4) is 0 Å². The molecular formula is C11H20N2. The summed E-state index contributed by atoms with van der Waals surface area (Å²) in [5.74, 6) is 0. The molecule has 0 aromatic carbocycles. The fourth-order valence-electron chi connectivity index (χ4n) is 2.02. The molecule has 2 heteroatoms. The van der Waals surface area contributed by atoms with Crippen molar-refractivity contribution in [2.45, 2.75) is 52.0 Å². The number of hydrogen-bond acceptors (Lipinski definition) is 1. The third kappa shape index (κ3) is 2.33. The summed E-state index contributed by atoms with van der Waals surface area (Å²) in [6, 6.07) is 2.00. The summed E-state index contributed by atoms with van der Waals surface area (Å²) >= 11 is 0. The molecule has 13 heavy (non-hydrogen) atoms. The van der Waals surface area contributed by atoms with Gasteiger partial charge in [-0.3, -0.25) is 4.68 Å². The van der Waals surface area contributed by atoms with E-state index in [2.05, 4.69) is 36.7 Å². The topological polar surface area (TPSA) is 17.8 Å². The van der Waals surface area contributed by atoms with E-state index in [9.17, 15) is 0 Å². The van der Waals surface area contributed by atoms with Crippen molar-refractivity contribution in [3.05, 3.63) is 18.5 Å². The highest BCUT2D eigenvalue weighted by molar-refractivity contribution is 4.87. The van der Waals surface area contributed by atoms with Gasteiger partial charge in [0.2, 0.25) is 0 Å². The highest BCUT2D eigenvalue weighted by atomic mass is 15.3. The Balaban J connectivity index is 2.78. The van der Waals surface area contributed by atoms with Crippen LogP contribution in [0.2, 0.25) is 0 Å². The maximum Gasteiger partial charge on any atom is 0.0599 e. The monoisotopic (exact) mass is 180 g/mol. The van der Waals surface area contributed by atoms with E-state index < -0.39 is 0 Å². The van der Waals surface area contributed by atoms with E-state index in [1.54, 1.807) is 0 Å². The Hall–Kier alpha value is -0.790. The molecule has 74 valence electrons. The molecule has 0 unspecified atom stereocenters. The molecule has 0 fully saturated rings. The van der Waals surface area contributed by atoms with Gasteiger partial charge in [0.15, 0.2) is 0 Å². The van der Waals surface area contributed by atoms with E-state index in [-0.39, 0.29) is 5.54 Å². The Morgan fingerprint density at radius 3 is 2.23 bits per heavy atom. The van der Waals surface area contributed by atoms with Gasteiger partial charge in [0.05, 0.1) is 5.54 Å². The number of rotatable bonds is 5. The first-order valence-electron chi connectivity index (χ1n) is 5.23. The quantitative estimate of drug-likeness (QED) is 0.680. The second kappa shape index (κ2) is 4.45. The molecule has 0 amide bonds. The lowest BCUT2D eigenvalue weighted by molar-refractivity contribution is 0.239. The van der Waals surface area contributed by atoms with Gasteiger partial charge >= 0.3 is 0 Å². The lowest BCUT2D eigenvalue weighted by atomic mass is 9.91. The van der Waals surface area contributed by atoms with Gasteiger partial charge in [0.25, 0.3) is 0 Å². The molecule has 1 aromatic rings. The summed E-state index contributed by atoms with van der Waals surface area (Å²) in [4.78, 5) is 0. The molecule has 1 rings (SSSR count). The van der Waals surface area contributed by atoms with Gasteiger partial charge in [0, 0.05) is 12.4 Å². The normalized spacial score (nSPS) is 11.9. The molecule has 0 atom stereocenters. The van der Waals surface area contributed by atoms with Crippen LogP contribution in [-0.4, -0.2) is 9.78 Å². The van der Waals surface area contributed by atoms with Crippen LogP contribution in [0.15, 0.2) is 18.5 Å². The summed E-state index contributed by atoms with van der Waals surface area (Å²) in [5, 5.41) is 4.34. The van der Waals surface area contributed by atoms with Gasteiger partial charge in [-0.05, 0) is 25.8 Å². The van der Waals surface area contributed by atoms with E-state index in [1.165, 1.54) is 25.7 Å². The van der Waals surface area contributed by atoms with E-state index in [0.29, 0.717) is 0 Å². The first kappa shape index (κ1) is 10.3. The summed E-state index contributed by atoms with van der Waals surface area (Å²) < 4.78 is 2.11. The minimum Gasteiger partial charge on any atom is -0.267 e. The average Bonchev–Trinajstić information content (AvgIpc) is 2.57. The standard InChI is InChI=1S/C11H20N2/c1-4-7-11(3,8-5-2)13-10-6-9-12-13/h6,9-10H,4-5,7-8H2,1-3H3. The molecule has 2 nitrogen and oxygen atoms in total. The first-order valence-corrected chi connectivity index (χ1v) is 5.23. The molecule has 0 radical (unpaired) electrons. The molecule has 0 aliphatic heterocycles. The average molecular weight is 180 g/mol. The molecule has 1 heterocycles. The van der Waals surface area contributed by atoms with Crippen molar-refractivity contribution < 1.29 is 0 Å². The first-order chi connectivity index (χ1) is 6.23. The van der Waals surface area contributed by atoms with Crippen LogP contribution in [0.5, 0.6) is 0 Å². The van der Waals surface area contributed by atoms with Crippen molar-refractivity contribution in [3.63, 3.8) is 0 Å². The lowest BCUT2D eigenvalue weighted by Crippen LogP contribution is -2.30. The zero-order valence-electron chi connectivity index (χ0n) is 8.95. The second-order valence-corrected chi connectivity index (χ2v) is 3.95. The van der Waals surface area contributed by atoms with Crippen LogP contribution < -0.4 is 0 Å². The van der Waals surface area contributed by atoms with Gasteiger partial charge in [-0.2, -0.15) is 5.10 Å². The van der Waals surface area contributed by atoms with Crippen LogP contribution in [0.4, 0.5) is 0 Å². The van der Waals surface area contributed by atoms with Gasteiger partial charge in [-0.1, -0.05) is 26.7 Å². The number of nitrogens with zero attached hydrogens (tertiary/aromatic N) is 2. The van der Waals surface area contributed by atoms with Crippen molar-refractivity contribution in [1.29, 1.82) is 0 Å². The molecule has 0 saturated carbocycles. The van der Waals surface area contributed by atoms with Crippen molar-refractivity contribution in [2.24, 2.45) is 0 Å². The van der Waals surface area contributed by atoms with Gasteiger partial charge in [-0.15, -0.1) is 0 Å². The third-order valence-corrected chi connectivity index (χ3v) is 2.63. The van der Waals surface area contributed by atoms with Crippen molar-refractivity contribution >= 4 is 0 Å². The third-order valence-electron chi connectivity index (χ3n) is 2.63. The Labute approximate surface area is 81.0 Å². The fourth-order valence-corrected chi connectivity index (χ4v) is 2.02. The lowest BCUT2D eigenvalue weighted by Gasteiger charge is -2.29. The second-order valence-electron chi connectivity index (χ2n) is 3.95. The fraction of sp³-hybridized carbons (Fsp3) is 0.727. The zero-order chi connectivity index (χ0) is 9.73. The Morgan fingerprint density at radius 2 is 1.85 bits per heavy atom. The van der Waals surface area contributed by atoms with Crippen LogP contribution in [0.25, 0.3) is 0 Å². The molecule has 0 bridgehead atoms. The largest absolute Gasteiger partial charge is 0.267 e. The van der Waals surface area contributed by atoms with Gasteiger partial charge in [0.1, 0.15) is 0 Å². The predicted molar refractivity (Wildman–Crippen MR) is 55.7 cm³/mol. The van der Waals surface area contributed by atoms with Gasteiger partial charge < -0.3 is 0 Å². The Bertz CT molecular complexity index is 220. The van der Waals surface area contributed by atoms with Crippen molar-refractivity contribution in [1.82, 2.24) is 9.78 Å². The summed E-state index contributed by atoms with van der Waals surface area (Å²) in [6.45, 7) is 6.77. The maximum absolute atomic E-state index is 4.34. The van der Waals surface area contributed by atoms with E-state index in [4.69, 9.17) is 0 Å². The SMILES string of the molecule is CCCC(C)(CCC)n1cccn1. The molecule has 0 N–H and O–H groups in total. The highest BCUT2D eigenvalue weighted by Gasteiger charge is 2.24. The van der Waals surface area contributed by atoms with Gasteiger partial charge in [-0.25, -0.2) is 0 Å². The molecule has 1 aromatic heterocycles. The van der Waals surface area contributed by atoms with E-state index >= 15 is 0 Å². The van der Waals surface area contributed by atoms with Crippen molar-refractivity contribution in [2.75, 3.05) is 0 Å². The molecule has 0 spiro atoms. The maximum atomic E-state index is 4.34. The molecule has 0 aliphatic rings. The smallest absolute Gasteiger partial charge is 0.0599 e. The summed E-state index contributed by atoms with van der Waals surface area (Å²) in [6.07, 6.45) is 8.80. The number of aromatic nitrogens is 2. The minimum absolute atomic E-state index is 0.229. The summed E-state index contributed by atoms with van der Waals surface area (Å²) in [5.41, 5.74) is 0.229. The van der Waals surface area contributed by atoms with Crippen LogP contribution in [0, 0.1) is 0 Å². The number of hydrogen-bond donors (Lipinski definition) is 0. The van der Waals surface area contributed by atoms with Crippen LogP contribution in [0.1, 0.15) is 46.5 Å². The predicted octanol–water partition coefficient (Wildman–Crippen LogP) is 3.20. The Morgan fingerprint density at radius 1 is 1.23 bits per heavy atom. The molecular weight excluding hydrogens is 160 g/mol. The summed E-state index contributed by atoms with van der Waals surface area (Å²) in [7, 11) is 0. The highest BCUT2D eigenvalue weighted by Crippen LogP contribution is 2.26. The van der Waals surface area contributed by atoms with Crippen LogP contribution in [-0.2, 0) is 5.54 Å².